The Kier molecular flexibility index (Phi) is 7.14. The van der Waals surface area contributed by atoms with Gasteiger partial charge in [0.1, 0.15) is 17.5 Å². The normalized spacial score (nSPS) is 10.8. The number of aromatic nitrogens is 2. The van der Waals surface area contributed by atoms with E-state index in [2.05, 4.69) is 34.6 Å². The van der Waals surface area contributed by atoms with Gasteiger partial charge in [-0.3, -0.25) is 0 Å². The Morgan fingerprint density at radius 3 is 2.63 bits per heavy atom. The van der Waals surface area contributed by atoms with Crippen LogP contribution in [-0.2, 0) is 11.2 Å². The van der Waals surface area contributed by atoms with Crippen molar-refractivity contribution in [1.82, 2.24) is 9.97 Å². The molecule has 0 aromatic carbocycles. The van der Waals surface area contributed by atoms with E-state index in [0.29, 0.717) is 18.3 Å². The topological polar surface area (TPSA) is 85.1 Å². The second kappa shape index (κ2) is 8.66. The predicted molar refractivity (Wildman–Crippen MR) is 78.0 cm³/mol. The van der Waals surface area contributed by atoms with Gasteiger partial charge in [0.25, 0.3) is 0 Å². The Morgan fingerprint density at radius 2 is 2.00 bits per heavy atom. The molecule has 19 heavy (non-hydrogen) atoms. The van der Waals surface area contributed by atoms with Gasteiger partial charge in [-0.2, -0.15) is 0 Å². The summed E-state index contributed by atoms with van der Waals surface area (Å²) >= 11 is 0. The number of nitrogens with zero attached hydrogens (tertiary/aromatic N) is 2. The summed E-state index contributed by atoms with van der Waals surface area (Å²) in [6.45, 7) is 8.59. The molecule has 6 heteroatoms. The van der Waals surface area contributed by atoms with E-state index in [0.717, 1.165) is 37.6 Å². The summed E-state index contributed by atoms with van der Waals surface area (Å²) in [6, 6.07) is 1.78. The molecule has 0 aliphatic heterocycles. The number of nitrogen functional groups attached to an aromatic ring is 1. The first-order valence-electron chi connectivity index (χ1n) is 6.81. The lowest BCUT2D eigenvalue weighted by molar-refractivity contribution is 0.132. The molecular weight excluding hydrogens is 242 g/mol. The summed E-state index contributed by atoms with van der Waals surface area (Å²) in [7, 11) is 0. The number of anilines is 2. The van der Waals surface area contributed by atoms with Crippen molar-refractivity contribution < 1.29 is 4.74 Å². The highest BCUT2D eigenvalue weighted by atomic mass is 16.5. The summed E-state index contributed by atoms with van der Waals surface area (Å²) < 4.78 is 5.53. The molecule has 1 heterocycles. The largest absolute Gasteiger partial charge is 0.380 e. The highest BCUT2D eigenvalue weighted by molar-refractivity contribution is 5.46. The smallest absolute Gasteiger partial charge is 0.145 e. The van der Waals surface area contributed by atoms with Crippen molar-refractivity contribution in [1.29, 1.82) is 0 Å². The number of nitrogens with one attached hydrogen (secondary N) is 2. The van der Waals surface area contributed by atoms with Crippen molar-refractivity contribution in [2.75, 3.05) is 30.5 Å². The molecule has 0 bridgehead atoms. The molecule has 1 aromatic heterocycles. The summed E-state index contributed by atoms with van der Waals surface area (Å²) in [5.74, 6) is 8.21. The molecule has 0 fully saturated rings. The molecule has 0 spiro atoms. The van der Waals surface area contributed by atoms with Crippen LogP contribution >= 0.6 is 0 Å². The molecule has 0 aliphatic rings. The van der Waals surface area contributed by atoms with Gasteiger partial charge >= 0.3 is 0 Å². The lowest BCUT2D eigenvalue weighted by Crippen LogP contribution is -2.15. The van der Waals surface area contributed by atoms with Crippen LogP contribution in [0.25, 0.3) is 0 Å². The quantitative estimate of drug-likeness (QED) is 0.359. The minimum absolute atomic E-state index is 0.620. The Bertz CT molecular complexity index is 348. The van der Waals surface area contributed by atoms with Gasteiger partial charge in [-0.25, -0.2) is 15.8 Å². The third kappa shape index (κ3) is 6.35. The first-order chi connectivity index (χ1) is 9.15. The van der Waals surface area contributed by atoms with E-state index in [1.807, 2.05) is 6.92 Å². The van der Waals surface area contributed by atoms with Crippen LogP contribution in [0.5, 0.6) is 0 Å². The zero-order valence-corrected chi connectivity index (χ0v) is 12.1. The zero-order chi connectivity index (χ0) is 14.1. The molecule has 1 rings (SSSR count). The number of aryl methyl sites for hydroxylation is 1. The van der Waals surface area contributed by atoms with Gasteiger partial charge in [0.05, 0.1) is 6.61 Å². The first-order valence-corrected chi connectivity index (χ1v) is 6.81. The maximum Gasteiger partial charge on any atom is 0.145 e. The zero-order valence-electron chi connectivity index (χ0n) is 12.1. The van der Waals surface area contributed by atoms with E-state index in [4.69, 9.17) is 10.6 Å². The number of ether oxygens (including phenoxy) is 1. The monoisotopic (exact) mass is 267 g/mol. The van der Waals surface area contributed by atoms with E-state index < -0.39 is 0 Å². The second-order valence-corrected chi connectivity index (χ2v) is 4.77. The Balaban J connectivity index is 2.32. The third-order valence-corrected chi connectivity index (χ3v) is 2.63. The van der Waals surface area contributed by atoms with Crippen molar-refractivity contribution in [3.05, 3.63) is 11.9 Å². The fourth-order valence-electron chi connectivity index (χ4n) is 1.49. The molecule has 0 saturated heterocycles. The number of rotatable bonds is 9. The molecule has 108 valence electrons. The average molecular weight is 267 g/mol. The van der Waals surface area contributed by atoms with E-state index in [-0.39, 0.29) is 0 Å². The maximum absolute atomic E-state index is 5.53. The van der Waals surface area contributed by atoms with Gasteiger partial charge in [0, 0.05) is 25.6 Å². The van der Waals surface area contributed by atoms with Gasteiger partial charge < -0.3 is 15.5 Å². The van der Waals surface area contributed by atoms with Crippen molar-refractivity contribution in [2.24, 2.45) is 11.8 Å². The number of hydrogen-bond donors (Lipinski definition) is 3. The lowest BCUT2D eigenvalue weighted by atomic mass is 10.1. The van der Waals surface area contributed by atoms with Gasteiger partial charge in [-0.1, -0.05) is 20.8 Å². The molecule has 0 unspecified atom stereocenters. The van der Waals surface area contributed by atoms with Crippen LogP contribution in [0.15, 0.2) is 6.07 Å². The van der Waals surface area contributed by atoms with E-state index in [1.54, 1.807) is 6.07 Å². The average Bonchev–Trinajstić information content (AvgIpc) is 2.41. The summed E-state index contributed by atoms with van der Waals surface area (Å²) in [6.07, 6.45) is 1.86. The van der Waals surface area contributed by atoms with Crippen LogP contribution in [-0.4, -0.2) is 29.7 Å². The molecule has 0 atom stereocenters. The van der Waals surface area contributed by atoms with Crippen LogP contribution in [0, 0.1) is 5.92 Å². The number of hydrogen-bond acceptors (Lipinski definition) is 6. The summed E-state index contributed by atoms with van der Waals surface area (Å²) in [5.41, 5.74) is 2.54. The van der Waals surface area contributed by atoms with Crippen LogP contribution in [0.1, 0.15) is 33.0 Å². The molecular formula is C13H25N5O. The third-order valence-electron chi connectivity index (χ3n) is 2.63. The Labute approximate surface area is 115 Å². The van der Waals surface area contributed by atoms with Crippen molar-refractivity contribution in [3.8, 4) is 0 Å². The molecule has 0 aliphatic carbocycles. The highest BCUT2D eigenvalue weighted by Gasteiger charge is 2.02. The van der Waals surface area contributed by atoms with Gasteiger partial charge in [-0.05, 0) is 12.3 Å². The van der Waals surface area contributed by atoms with Crippen molar-refractivity contribution in [2.45, 2.75) is 33.6 Å². The number of hydrazine groups is 1. The molecule has 0 amide bonds. The van der Waals surface area contributed by atoms with Gasteiger partial charge in [-0.15, -0.1) is 0 Å². The first kappa shape index (κ1) is 15.7. The molecule has 0 saturated carbocycles. The van der Waals surface area contributed by atoms with E-state index in [1.165, 1.54) is 0 Å². The minimum Gasteiger partial charge on any atom is -0.380 e. The van der Waals surface area contributed by atoms with Crippen LogP contribution < -0.4 is 16.6 Å². The van der Waals surface area contributed by atoms with E-state index in [9.17, 15) is 0 Å². The standard InChI is InChI=1S/C13H25N5O/c1-4-11-16-12(9-13(17-11)18-14)15-6-8-19-7-5-10(2)3/h9-10H,4-8,14H2,1-3H3,(H2,15,16,17,18). The SMILES string of the molecule is CCc1nc(NN)cc(NCCOCCC(C)C)n1. The number of nitrogens with two attached hydrogens (primary N) is 1. The molecule has 0 radical (unpaired) electrons. The Hall–Kier alpha value is -1.40. The maximum atomic E-state index is 5.53. The summed E-state index contributed by atoms with van der Waals surface area (Å²) in [5, 5.41) is 3.21. The van der Waals surface area contributed by atoms with Gasteiger partial charge in [0.15, 0.2) is 0 Å². The van der Waals surface area contributed by atoms with Crippen molar-refractivity contribution in [3.63, 3.8) is 0 Å². The fourth-order valence-corrected chi connectivity index (χ4v) is 1.49. The molecule has 1 aromatic rings. The van der Waals surface area contributed by atoms with Crippen LogP contribution in [0.4, 0.5) is 11.6 Å². The molecule has 6 nitrogen and oxygen atoms in total. The van der Waals surface area contributed by atoms with Crippen molar-refractivity contribution >= 4 is 11.6 Å². The lowest BCUT2D eigenvalue weighted by Gasteiger charge is -2.10. The minimum atomic E-state index is 0.620. The fraction of sp³-hybridized carbons (Fsp3) is 0.692. The second-order valence-electron chi connectivity index (χ2n) is 4.77. The van der Waals surface area contributed by atoms with Crippen LogP contribution in [0.3, 0.4) is 0 Å². The Morgan fingerprint density at radius 1 is 1.26 bits per heavy atom. The van der Waals surface area contributed by atoms with E-state index >= 15 is 0 Å². The highest BCUT2D eigenvalue weighted by Crippen LogP contribution is 2.10. The summed E-state index contributed by atoms with van der Waals surface area (Å²) in [4.78, 5) is 8.60. The van der Waals surface area contributed by atoms with Crippen LogP contribution in [0.2, 0.25) is 0 Å². The molecule has 4 N–H and O–H groups in total. The van der Waals surface area contributed by atoms with Gasteiger partial charge in [0.2, 0.25) is 0 Å². The predicted octanol–water partition coefficient (Wildman–Crippen LogP) is 1.80.